The molecule has 1 atom stereocenters. The van der Waals surface area contributed by atoms with Gasteiger partial charge in [0.1, 0.15) is 6.61 Å². The van der Waals surface area contributed by atoms with Crippen LogP contribution in [0.4, 0.5) is 0 Å². The molecular formula is C38H70O5. The first kappa shape index (κ1) is 41.4. The highest BCUT2D eigenvalue weighted by Gasteiger charge is 2.16. The molecule has 0 rings (SSSR count). The monoisotopic (exact) mass is 607 g/mol. The van der Waals surface area contributed by atoms with Crippen molar-refractivity contribution in [3.63, 3.8) is 0 Å². The fourth-order valence-corrected chi connectivity index (χ4v) is 5.13. The summed E-state index contributed by atoms with van der Waals surface area (Å²) < 4.78 is 10.6. The standard InChI is InChI=1S/C38H70O5/c1-3-5-7-9-11-13-15-17-18-19-20-21-23-25-27-29-31-33-38(41)43-36(34-39)35-42-37(40)32-30-28-26-24-22-16-14-12-10-8-6-4-2/h12,14,17-18,36,39H,3-11,13,15-16,19-35H2,1-2H3/b14-12+,18-17+/t36-/m0/s1. The second-order valence-corrected chi connectivity index (χ2v) is 12.3. The molecule has 0 amide bonds. The lowest BCUT2D eigenvalue weighted by atomic mass is 10.1. The van der Waals surface area contributed by atoms with Crippen molar-refractivity contribution in [2.24, 2.45) is 0 Å². The summed E-state index contributed by atoms with van der Waals surface area (Å²) in [6, 6.07) is 0. The van der Waals surface area contributed by atoms with Gasteiger partial charge >= 0.3 is 11.9 Å². The maximum atomic E-state index is 12.1. The predicted molar refractivity (Wildman–Crippen MR) is 182 cm³/mol. The Balaban J connectivity index is 3.57. The third-order valence-electron chi connectivity index (χ3n) is 7.97. The van der Waals surface area contributed by atoms with Crippen LogP contribution in [-0.2, 0) is 19.1 Å². The van der Waals surface area contributed by atoms with Gasteiger partial charge in [0, 0.05) is 12.8 Å². The minimum atomic E-state index is -0.772. The van der Waals surface area contributed by atoms with Gasteiger partial charge in [0.2, 0.25) is 0 Å². The van der Waals surface area contributed by atoms with Gasteiger partial charge < -0.3 is 14.6 Å². The van der Waals surface area contributed by atoms with E-state index in [1.165, 1.54) is 116 Å². The Bertz CT molecular complexity index is 657. The molecule has 0 aromatic rings. The van der Waals surface area contributed by atoms with Crippen molar-refractivity contribution < 1.29 is 24.2 Å². The molecule has 43 heavy (non-hydrogen) atoms. The van der Waals surface area contributed by atoms with Gasteiger partial charge in [0.15, 0.2) is 6.10 Å². The number of hydrogen-bond acceptors (Lipinski definition) is 5. The molecular weight excluding hydrogens is 536 g/mol. The molecule has 0 aliphatic heterocycles. The number of carbonyl (C=O) groups excluding carboxylic acids is 2. The summed E-state index contributed by atoms with van der Waals surface area (Å²) in [5, 5.41) is 9.52. The third-order valence-corrected chi connectivity index (χ3v) is 7.97. The summed E-state index contributed by atoms with van der Waals surface area (Å²) in [5.41, 5.74) is 0. The van der Waals surface area contributed by atoms with Crippen molar-refractivity contribution in [2.75, 3.05) is 13.2 Å². The van der Waals surface area contributed by atoms with Crippen molar-refractivity contribution >= 4 is 11.9 Å². The van der Waals surface area contributed by atoms with E-state index in [0.717, 1.165) is 44.9 Å². The van der Waals surface area contributed by atoms with Crippen molar-refractivity contribution in [1.82, 2.24) is 0 Å². The van der Waals surface area contributed by atoms with Crippen LogP contribution >= 0.6 is 0 Å². The molecule has 0 radical (unpaired) electrons. The van der Waals surface area contributed by atoms with E-state index in [1.807, 2.05) is 0 Å². The second kappa shape index (κ2) is 34.9. The zero-order valence-corrected chi connectivity index (χ0v) is 28.5. The van der Waals surface area contributed by atoms with Crippen LogP contribution in [0.5, 0.6) is 0 Å². The van der Waals surface area contributed by atoms with Gasteiger partial charge in [0.05, 0.1) is 6.61 Å². The molecule has 0 unspecified atom stereocenters. The molecule has 0 aliphatic carbocycles. The van der Waals surface area contributed by atoms with Gasteiger partial charge in [-0.05, 0) is 64.2 Å². The Morgan fingerprint density at radius 2 is 0.860 bits per heavy atom. The van der Waals surface area contributed by atoms with Crippen LogP contribution < -0.4 is 0 Å². The van der Waals surface area contributed by atoms with Crippen LogP contribution in [0.2, 0.25) is 0 Å². The SMILES string of the molecule is CCCCC/C=C/CCCCCCCC(=O)OC[C@H](CO)OC(=O)CCCCCCCCC/C=C/CCCCCCCC. The number of rotatable bonds is 33. The van der Waals surface area contributed by atoms with Crippen LogP contribution in [0.25, 0.3) is 0 Å². The molecule has 0 fully saturated rings. The Labute approximate surface area is 266 Å². The number of hydrogen-bond donors (Lipinski definition) is 1. The lowest BCUT2D eigenvalue weighted by Gasteiger charge is -2.15. The minimum absolute atomic E-state index is 0.0695. The van der Waals surface area contributed by atoms with Gasteiger partial charge in [-0.2, -0.15) is 0 Å². The van der Waals surface area contributed by atoms with Gasteiger partial charge in [-0.15, -0.1) is 0 Å². The highest BCUT2D eigenvalue weighted by molar-refractivity contribution is 5.70. The number of unbranched alkanes of at least 4 members (excludes halogenated alkanes) is 21. The lowest BCUT2D eigenvalue weighted by molar-refractivity contribution is -0.161. The lowest BCUT2D eigenvalue weighted by Crippen LogP contribution is -2.28. The number of aliphatic hydroxyl groups is 1. The molecule has 5 heteroatoms. The molecule has 0 bridgehead atoms. The van der Waals surface area contributed by atoms with E-state index in [9.17, 15) is 14.7 Å². The van der Waals surface area contributed by atoms with E-state index in [2.05, 4.69) is 38.2 Å². The first-order chi connectivity index (χ1) is 21.1. The van der Waals surface area contributed by atoms with E-state index in [4.69, 9.17) is 9.47 Å². The number of esters is 2. The van der Waals surface area contributed by atoms with Gasteiger partial charge in [-0.3, -0.25) is 9.59 Å². The molecule has 0 aliphatic rings. The molecule has 0 heterocycles. The zero-order chi connectivity index (χ0) is 31.5. The van der Waals surface area contributed by atoms with Crippen molar-refractivity contribution in [3.8, 4) is 0 Å². The van der Waals surface area contributed by atoms with E-state index in [-0.39, 0.29) is 25.2 Å². The summed E-state index contributed by atoms with van der Waals surface area (Å²) >= 11 is 0. The summed E-state index contributed by atoms with van der Waals surface area (Å²) in [7, 11) is 0. The minimum Gasteiger partial charge on any atom is -0.462 e. The Kier molecular flexibility index (Phi) is 33.6. The predicted octanol–water partition coefficient (Wildman–Crippen LogP) is 11.1. The number of aliphatic hydroxyl groups excluding tert-OH is 1. The average Bonchev–Trinajstić information content (AvgIpc) is 3.01. The van der Waals surface area contributed by atoms with E-state index >= 15 is 0 Å². The molecule has 0 spiro atoms. The molecule has 252 valence electrons. The van der Waals surface area contributed by atoms with E-state index in [0.29, 0.717) is 12.8 Å². The maximum Gasteiger partial charge on any atom is 0.306 e. The van der Waals surface area contributed by atoms with Crippen molar-refractivity contribution in [3.05, 3.63) is 24.3 Å². The molecule has 1 N–H and O–H groups in total. The Morgan fingerprint density at radius 1 is 0.512 bits per heavy atom. The van der Waals surface area contributed by atoms with Crippen LogP contribution in [-0.4, -0.2) is 36.4 Å². The number of ether oxygens (including phenoxy) is 2. The largest absolute Gasteiger partial charge is 0.462 e. The maximum absolute atomic E-state index is 12.1. The summed E-state index contributed by atoms with van der Waals surface area (Å²) in [6.07, 6.45) is 39.4. The zero-order valence-electron chi connectivity index (χ0n) is 28.5. The number of allylic oxidation sites excluding steroid dienone is 4. The quantitative estimate of drug-likeness (QED) is 0.0457. The molecule has 5 nitrogen and oxygen atoms in total. The highest BCUT2D eigenvalue weighted by atomic mass is 16.6. The van der Waals surface area contributed by atoms with E-state index < -0.39 is 6.10 Å². The second-order valence-electron chi connectivity index (χ2n) is 12.3. The number of carbonyl (C=O) groups is 2. The van der Waals surface area contributed by atoms with Gasteiger partial charge in [-0.1, -0.05) is 134 Å². The van der Waals surface area contributed by atoms with Gasteiger partial charge in [0.25, 0.3) is 0 Å². The topological polar surface area (TPSA) is 72.8 Å². The Hall–Kier alpha value is -1.62. The first-order valence-electron chi connectivity index (χ1n) is 18.4. The van der Waals surface area contributed by atoms with Gasteiger partial charge in [-0.25, -0.2) is 0 Å². The first-order valence-corrected chi connectivity index (χ1v) is 18.4. The summed E-state index contributed by atoms with van der Waals surface area (Å²) in [5.74, 6) is -0.604. The van der Waals surface area contributed by atoms with Crippen molar-refractivity contribution in [2.45, 2.75) is 193 Å². The third kappa shape index (κ3) is 33.1. The van der Waals surface area contributed by atoms with E-state index in [1.54, 1.807) is 0 Å². The van der Waals surface area contributed by atoms with Crippen LogP contribution in [0.3, 0.4) is 0 Å². The van der Waals surface area contributed by atoms with Crippen LogP contribution in [0.1, 0.15) is 187 Å². The molecule has 0 aromatic heterocycles. The fourth-order valence-electron chi connectivity index (χ4n) is 5.13. The molecule has 0 aromatic carbocycles. The highest BCUT2D eigenvalue weighted by Crippen LogP contribution is 2.13. The van der Waals surface area contributed by atoms with Crippen LogP contribution in [0, 0.1) is 0 Å². The molecule has 0 saturated heterocycles. The van der Waals surface area contributed by atoms with Crippen LogP contribution in [0.15, 0.2) is 24.3 Å². The smallest absolute Gasteiger partial charge is 0.306 e. The summed E-state index contributed by atoms with van der Waals surface area (Å²) in [6.45, 7) is 4.09. The van der Waals surface area contributed by atoms with Crippen molar-refractivity contribution in [1.29, 1.82) is 0 Å². The normalized spacial score (nSPS) is 12.3. The summed E-state index contributed by atoms with van der Waals surface area (Å²) in [4.78, 5) is 24.2. The molecule has 0 saturated carbocycles. The average molecular weight is 607 g/mol. The fraction of sp³-hybridized carbons (Fsp3) is 0.842. The Morgan fingerprint density at radius 3 is 1.30 bits per heavy atom.